The fraction of sp³-hybridized carbons (Fsp3) is 0.667. The zero-order valence-corrected chi connectivity index (χ0v) is 9.49. The van der Waals surface area contributed by atoms with Crippen LogP contribution >= 0.6 is 0 Å². The molecule has 16 heavy (non-hydrogen) atoms. The lowest BCUT2D eigenvalue weighted by Gasteiger charge is -2.27. The number of esters is 1. The highest BCUT2D eigenvalue weighted by atomic mass is 16.5. The largest absolute Gasteiger partial charge is 0.469 e. The Kier molecular flexibility index (Phi) is 4.84. The van der Waals surface area contributed by atoms with E-state index in [1.165, 1.54) is 7.11 Å². The van der Waals surface area contributed by atoms with Crippen molar-refractivity contribution in [3.05, 3.63) is 0 Å². The molecular formula is C12H17NO3. The molecule has 0 aliphatic heterocycles. The minimum absolute atomic E-state index is 0.00853. The van der Waals surface area contributed by atoms with Crippen LogP contribution in [0.4, 0.5) is 0 Å². The fourth-order valence-electron chi connectivity index (χ4n) is 2.01. The van der Waals surface area contributed by atoms with Crippen molar-refractivity contribution in [2.75, 3.05) is 7.11 Å². The van der Waals surface area contributed by atoms with Crippen LogP contribution in [0.2, 0.25) is 0 Å². The first-order valence-electron chi connectivity index (χ1n) is 5.48. The zero-order chi connectivity index (χ0) is 12.0. The summed E-state index contributed by atoms with van der Waals surface area (Å²) >= 11 is 0. The van der Waals surface area contributed by atoms with Gasteiger partial charge >= 0.3 is 5.97 Å². The number of rotatable bonds is 3. The number of terminal acetylenes is 1. The minimum atomic E-state index is -0.145. The maximum Gasteiger partial charge on any atom is 0.308 e. The monoisotopic (exact) mass is 223 g/mol. The van der Waals surface area contributed by atoms with E-state index < -0.39 is 0 Å². The Balaban J connectivity index is 2.30. The van der Waals surface area contributed by atoms with Gasteiger partial charge in [-0.15, -0.1) is 6.42 Å². The van der Waals surface area contributed by atoms with E-state index in [2.05, 4.69) is 11.2 Å². The molecule has 0 aromatic carbocycles. The standard InChI is InChI=1S/C12H17NO3/c1-3-4-11(14)13-10-7-5-9(6-8-10)12(15)16-2/h1,9-10H,4-8H2,2H3,(H,13,14). The van der Waals surface area contributed by atoms with Gasteiger partial charge in [-0.2, -0.15) is 0 Å². The van der Waals surface area contributed by atoms with Crippen molar-refractivity contribution < 1.29 is 14.3 Å². The first-order valence-corrected chi connectivity index (χ1v) is 5.48. The third-order valence-corrected chi connectivity index (χ3v) is 2.89. The van der Waals surface area contributed by atoms with Gasteiger partial charge in [0, 0.05) is 6.04 Å². The summed E-state index contributed by atoms with van der Waals surface area (Å²) in [6.45, 7) is 0. The van der Waals surface area contributed by atoms with Gasteiger partial charge in [0.1, 0.15) is 0 Å². The van der Waals surface area contributed by atoms with E-state index in [4.69, 9.17) is 11.2 Å². The summed E-state index contributed by atoms with van der Waals surface area (Å²) in [6, 6.07) is 0.154. The van der Waals surface area contributed by atoms with Gasteiger partial charge in [-0.1, -0.05) is 5.92 Å². The maximum atomic E-state index is 11.3. The highest BCUT2D eigenvalue weighted by Crippen LogP contribution is 2.25. The molecule has 0 aromatic heterocycles. The van der Waals surface area contributed by atoms with E-state index in [9.17, 15) is 9.59 Å². The second kappa shape index (κ2) is 6.16. The average molecular weight is 223 g/mol. The molecule has 0 unspecified atom stereocenters. The third-order valence-electron chi connectivity index (χ3n) is 2.89. The molecule has 0 atom stereocenters. The molecule has 4 heteroatoms. The summed E-state index contributed by atoms with van der Waals surface area (Å²) in [5, 5.41) is 2.86. The highest BCUT2D eigenvalue weighted by molar-refractivity contribution is 5.78. The summed E-state index contributed by atoms with van der Waals surface area (Å²) in [5.74, 6) is 2.05. The zero-order valence-electron chi connectivity index (χ0n) is 9.49. The fourth-order valence-corrected chi connectivity index (χ4v) is 2.01. The molecular weight excluding hydrogens is 206 g/mol. The van der Waals surface area contributed by atoms with E-state index in [0.717, 1.165) is 25.7 Å². The Bertz CT molecular complexity index is 298. The molecule has 4 nitrogen and oxygen atoms in total. The van der Waals surface area contributed by atoms with E-state index in [0.29, 0.717) is 0 Å². The van der Waals surface area contributed by atoms with Crippen LogP contribution in [0.25, 0.3) is 0 Å². The maximum absolute atomic E-state index is 11.3. The van der Waals surface area contributed by atoms with Crippen molar-refractivity contribution in [3.8, 4) is 12.3 Å². The molecule has 1 saturated carbocycles. The van der Waals surface area contributed by atoms with Gasteiger partial charge in [0.15, 0.2) is 0 Å². The summed E-state index contributed by atoms with van der Waals surface area (Å²) < 4.78 is 4.69. The molecule has 0 saturated heterocycles. The summed E-state index contributed by atoms with van der Waals surface area (Å²) in [4.78, 5) is 22.5. The van der Waals surface area contributed by atoms with Gasteiger partial charge in [0.2, 0.25) is 5.91 Å². The van der Waals surface area contributed by atoms with Gasteiger partial charge < -0.3 is 10.1 Å². The molecule has 0 spiro atoms. The van der Waals surface area contributed by atoms with Gasteiger partial charge in [-0.3, -0.25) is 9.59 Å². The molecule has 1 fully saturated rings. The number of hydrogen-bond acceptors (Lipinski definition) is 3. The number of nitrogens with one attached hydrogen (secondary N) is 1. The van der Waals surface area contributed by atoms with Crippen molar-refractivity contribution >= 4 is 11.9 Å². The van der Waals surface area contributed by atoms with Crippen LogP contribution in [0.5, 0.6) is 0 Å². The Labute approximate surface area is 95.7 Å². The number of methoxy groups -OCH3 is 1. The second-order valence-electron chi connectivity index (χ2n) is 4.02. The van der Waals surface area contributed by atoms with Crippen molar-refractivity contribution in [2.24, 2.45) is 5.92 Å². The van der Waals surface area contributed by atoms with Gasteiger partial charge in [-0.05, 0) is 25.7 Å². The number of ether oxygens (including phenoxy) is 1. The smallest absolute Gasteiger partial charge is 0.308 e. The molecule has 0 aromatic rings. The number of carbonyl (C=O) groups excluding carboxylic acids is 2. The predicted octanol–water partition coefficient (Wildman–Crippen LogP) is 0.858. The van der Waals surface area contributed by atoms with Crippen molar-refractivity contribution in [2.45, 2.75) is 38.1 Å². The number of hydrogen-bond donors (Lipinski definition) is 1. The van der Waals surface area contributed by atoms with E-state index in [1.54, 1.807) is 0 Å². The quantitative estimate of drug-likeness (QED) is 0.570. The van der Waals surface area contributed by atoms with Gasteiger partial charge in [0.05, 0.1) is 19.4 Å². The summed E-state index contributed by atoms with van der Waals surface area (Å²) in [7, 11) is 1.41. The Morgan fingerprint density at radius 2 is 2.00 bits per heavy atom. The van der Waals surface area contributed by atoms with E-state index in [-0.39, 0.29) is 30.3 Å². The van der Waals surface area contributed by atoms with Crippen molar-refractivity contribution in [3.63, 3.8) is 0 Å². The molecule has 1 aliphatic rings. The summed E-state index contributed by atoms with van der Waals surface area (Å²) in [6.07, 6.45) is 8.34. The van der Waals surface area contributed by atoms with Gasteiger partial charge in [0.25, 0.3) is 0 Å². The number of carbonyl (C=O) groups is 2. The average Bonchev–Trinajstić information content (AvgIpc) is 2.29. The van der Waals surface area contributed by atoms with Crippen LogP contribution in [0.1, 0.15) is 32.1 Å². The van der Waals surface area contributed by atoms with Gasteiger partial charge in [-0.25, -0.2) is 0 Å². The van der Waals surface area contributed by atoms with Crippen LogP contribution in [0, 0.1) is 18.3 Å². The van der Waals surface area contributed by atoms with Crippen molar-refractivity contribution in [1.29, 1.82) is 0 Å². The van der Waals surface area contributed by atoms with Crippen LogP contribution in [0.15, 0.2) is 0 Å². The Morgan fingerprint density at radius 1 is 1.38 bits per heavy atom. The lowest BCUT2D eigenvalue weighted by atomic mass is 9.86. The topological polar surface area (TPSA) is 55.4 Å². The first-order chi connectivity index (χ1) is 7.67. The van der Waals surface area contributed by atoms with Crippen LogP contribution in [-0.2, 0) is 14.3 Å². The normalized spacial score (nSPS) is 24.2. The summed E-state index contributed by atoms with van der Waals surface area (Å²) in [5.41, 5.74) is 0. The lowest BCUT2D eigenvalue weighted by molar-refractivity contribution is -0.146. The van der Waals surface area contributed by atoms with Crippen molar-refractivity contribution in [1.82, 2.24) is 5.32 Å². The van der Waals surface area contributed by atoms with E-state index in [1.807, 2.05) is 0 Å². The molecule has 1 aliphatic carbocycles. The molecule has 0 heterocycles. The van der Waals surface area contributed by atoms with E-state index >= 15 is 0 Å². The molecule has 1 rings (SSSR count). The van der Waals surface area contributed by atoms with Crippen LogP contribution in [0.3, 0.4) is 0 Å². The molecule has 0 bridgehead atoms. The Morgan fingerprint density at radius 3 is 2.50 bits per heavy atom. The first kappa shape index (κ1) is 12.6. The molecule has 0 radical (unpaired) electrons. The Hall–Kier alpha value is -1.50. The lowest BCUT2D eigenvalue weighted by Crippen LogP contribution is -2.38. The second-order valence-corrected chi connectivity index (χ2v) is 4.02. The minimum Gasteiger partial charge on any atom is -0.469 e. The number of amides is 1. The third kappa shape index (κ3) is 3.58. The predicted molar refractivity (Wildman–Crippen MR) is 59.4 cm³/mol. The SMILES string of the molecule is C#CCC(=O)NC1CCC(C(=O)OC)CC1. The van der Waals surface area contributed by atoms with Crippen LogP contribution in [-0.4, -0.2) is 25.0 Å². The molecule has 1 N–H and O–H groups in total. The molecule has 1 amide bonds. The highest BCUT2D eigenvalue weighted by Gasteiger charge is 2.27. The van der Waals surface area contributed by atoms with Crippen LogP contribution < -0.4 is 5.32 Å². The molecule has 88 valence electrons.